The van der Waals surface area contributed by atoms with E-state index in [0.717, 1.165) is 11.4 Å². The predicted molar refractivity (Wildman–Crippen MR) is 73.1 cm³/mol. The van der Waals surface area contributed by atoms with Crippen LogP contribution in [0.2, 0.25) is 0 Å². The van der Waals surface area contributed by atoms with Crippen molar-refractivity contribution in [2.45, 2.75) is 6.61 Å². The fraction of sp³-hybridized carbons (Fsp3) is 0.143. The summed E-state index contributed by atoms with van der Waals surface area (Å²) in [6.07, 6.45) is 1.72. The number of ether oxygens (including phenoxy) is 1. The number of benzene rings is 1. The van der Waals surface area contributed by atoms with Crippen molar-refractivity contribution in [2.24, 2.45) is 5.73 Å². The SMILES string of the molecule is CNc1cc(COc2ccc(C(N)=O)cc2)ccn1. The summed E-state index contributed by atoms with van der Waals surface area (Å²) < 4.78 is 5.62. The first kappa shape index (κ1) is 12.9. The molecule has 0 aliphatic carbocycles. The molecule has 1 amide bonds. The highest BCUT2D eigenvalue weighted by Crippen LogP contribution is 2.14. The molecule has 3 N–H and O–H groups in total. The number of pyridine rings is 1. The Morgan fingerprint density at radius 1 is 1.32 bits per heavy atom. The molecule has 19 heavy (non-hydrogen) atoms. The Labute approximate surface area is 111 Å². The van der Waals surface area contributed by atoms with E-state index < -0.39 is 5.91 Å². The molecule has 1 aromatic carbocycles. The van der Waals surface area contributed by atoms with Crippen LogP contribution in [0.4, 0.5) is 5.82 Å². The Morgan fingerprint density at radius 3 is 2.68 bits per heavy atom. The first-order valence-corrected chi connectivity index (χ1v) is 5.84. The molecule has 5 nitrogen and oxygen atoms in total. The number of anilines is 1. The summed E-state index contributed by atoms with van der Waals surface area (Å²) in [7, 11) is 1.82. The van der Waals surface area contributed by atoms with Gasteiger partial charge in [0.05, 0.1) is 0 Å². The number of nitrogens with two attached hydrogens (primary N) is 1. The summed E-state index contributed by atoms with van der Waals surface area (Å²) in [6, 6.07) is 10.5. The van der Waals surface area contributed by atoms with Gasteiger partial charge in [0.15, 0.2) is 0 Å². The van der Waals surface area contributed by atoms with Gasteiger partial charge in [-0.15, -0.1) is 0 Å². The van der Waals surface area contributed by atoms with Crippen LogP contribution in [0.5, 0.6) is 5.75 Å². The molecule has 98 valence electrons. The minimum absolute atomic E-state index is 0.438. The molecule has 0 bridgehead atoms. The van der Waals surface area contributed by atoms with Gasteiger partial charge in [0.25, 0.3) is 0 Å². The number of carbonyl (C=O) groups is 1. The van der Waals surface area contributed by atoms with Crippen LogP contribution in [0, 0.1) is 0 Å². The smallest absolute Gasteiger partial charge is 0.248 e. The lowest BCUT2D eigenvalue weighted by Gasteiger charge is -2.07. The van der Waals surface area contributed by atoms with Crippen molar-refractivity contribution in [1.29, 1.82) is 0 Å². The van der Waals surface area contributed by atoms with E-state index in [2.05, 4.69) is 10.3 Å². The molecule has 1 aromatic heterocycles. The molecule has 0 saturated carbocycles. The summed E-state index contributed by atoms with van der Waals surface area (Å²) in [5.41, 5.74) is 6.65. The van der Waals surface area contributed by atoms with E-state index in [9.17, 15) is 4.79 Å². The molecular weight excluding hydrogens is 242 g/mol. The Kier molecular flexibility index (Phi) is 3.97. The number of hydrogen-bond donors (Lipinski definition) is 2. The molecule has 0 radical (unpaired) electrons. The third kappa shape index (κ3) is 3.45. The van der Waals surface area contributed by atoms with Crippen LogP contribution in [0.25, 0.3) is 0 Å². The zero-order valence-corrected chi connectivity index (χ0v) is 10.6. The van der Waals surface area contributed by atoms with E-state index in [1.54, 1.807) is 30.5 Å². The van der Waals surface area contributed by atoms with E-state index in [1.807, 2.05) is 19.2 Å². The first-order chi connectivity index (χ1) is 9.19. The molecule has 1 heterocycles. The van der Waals surface area contributed by atoms with Crippen LogP contribution in [0.1, 0.15) is 15.9 Å². The number of hydrogen-bond acceptors (Lipinski definition) is 4. The minimum atomic E-state index is -0.445. The lowest BCUT2D eigenvalue weighted by molar-refractivity contribution is 0.100. The number of nitrogens with zero attached hydrogens (tertiary/aromatic N) is 1. The molecule has 0 fully saturated rings. The molecule has 0 aliphatic rings. The van der Waals surface area contributed by atoms with E-state index in [4.69, 9.17) is 10.5 Å². The van der Waals surface area contributed by atoms with Gasteiger partial charge in [-0.2, -0.15) is 0 Å². The summed E-state index contributed by atoms with van der Waals surface area (Å²) in [5, 5.41) is 2.97. The van der Waals surface area contributed by atoms with Crippen molar-refractivity contribution in [3.05, 3.63) is 53.7 Å². The zero-order chi connectivity index (χ0) is 13.7. The molecule has 0 spiro atoms. The third-order valence-electron chi connectivity index (χ3n) is 2.62. The first-order valence-electron chi connectivity index (χ1n) is 5.84. The van der Waals surface area contributed by atoms with Gasteiger partial charge in [-0.25, -0.2) is 4.98 Å². The number of rotatable bonds is 5. The molecular formula is C14H15N3O2. The van der Waals surface area contributed by atoms with Crippen LogP contribution in [0.15, 0.2) is 42.6 Å². The Bertz CT molecular complexity index is 567. The number of carbonyl (C=O) groups excluding carboxylic acids is 1. The normalized spacial score (nSPS) is 9.95. The summed E-state index contributed by atoms with van der Waals surface area (Å²) in [4.78, 5) is 15.1. The second kappa shape index (κ2) is 5.86. The molecule has 0 aliphatic heterocycles. The molecule has 5 heteroatoms. The van der Waals surface area contributed by atoms with Crippen LogP contribution in [0.3, 0.4) is 0 Å². The monoisotopic (exact) mass is 257 g/mol. The van der Waals surface area contributed by atoms with Gasteiger partial charge in [0.1, 0.15) is 18.2 Å². The topological polar surface area (TPSA) is 77.2 Å². The van der Waals surface area contributed by atoms with E-state index >= 15 is 0 Å². The average molecular weight is 257 g/mol. The van der Waals surface area contributed by atoms with Crippen molar-refractivity contribution in [2.75, 3.05) is 12.4 Å². The summed E-state index contributed by atoms with van der Waals surface area (Å²) >= 11 is 0. The maximum absolute atomic E-state index is 10.9. The third-order valence-corrected chi connectivity index (χ3v) is 2.62. The summed E-state index contributed by atoms with van der Waals surface area (Å²) in [5.74, 6) is 1.04. The Balaban J connectivity index is 1.99. The maximum Gasteiger partial charge on any atom is 0.248 e. The van der Waals surface area contributed by atoms with Crippen LogP contribution < -0.4 is 15.8 Å². The molecule has 2 aromatic rings. The van der Waals surface area contributed by atoms with Gasteiger partial charge in [-0.3, -0.25) is 4.79 Å². The number of nitrogens with one attached hydrogen (secondary N) is 1. The van der Waals surface area contributed by atoms with Crippen LogP contribution in [-0.2, 0) is 6.61 Å². The van der Waals surface area contributed by atoms with E-state index in [-0.39, 0.29) is 0 Å². The Morgan fingerprint density at radius 2 is 2.05 bits per heavy atom. The van der Waals surface area contributed by atoms with Gasteiger partial charge < -0.3 is 15.8 Å². The quantitative estimate of drug-likeness (QED) is 0.856. The predicted octanol–water partition coefficient (Wildman–Crippen LogP) is 1.80. The number of primary amides is 1. The van der Waals surface area contributed by atoms with Gasteiger partial charge >= 0.3 is 0 Å². The number of aromatic nitrogens is 1. The highest BCUT2D eigenvalue weighted by Gasteiger charge is 2.01. The van der Waals surface area contributed by atoms with Crippen LogP contribution in [-0.4, -0.2) is 17.9 Å². The highest BCUT2D eigenvalue weighted by molar-refractivity contribution is 5.92. The van der Waals surface area contributed by atoms with Gasteiger partial charge in [-0.05, 0) is 42.0 Å². The lowest BCUT2D eigenvalue weighted by Crippen LogP contribution is -2.10. The zero-order valence-electron chi connectivity index (χ0n) is 10.6. The second-order valence-electron chi connectivity index (χ2n) is 3.98. The molecule has 2 rings (SSSR count). The number of amides is 1. The second-order valence-corrected chi connectivity index (χ2v) is 3.98. The van der Waals surface area contributed by atoms with Crippen molar-refractivity contribution < 1.29 is 9.53 Å². The van der Waals surface area contributed by atoms with Gasteiger partial charge in [0, 0.05) is 18.8 Å². The van der Waals surface area contributed by atoms with Crippen molar-refractivity contribution in [3.63, 3.8) is 0 Å². The van der Waals surface area contributed by atoms with Crippen molar-refractivity contribution in [1.82, 2.24) is 4.98 Å². The van der Waals surface area contributed by atoms with Gasteiger partial charge in [-0.1, -0.05) is 0 Å². The van der Waals surface area contributed by atoms with E-state index in [1.165, 1.54) is 0 Å². The average Bonchev–Trinajstić information content (AvgIpc) is 2.46. The summed E-state index contributed by atoms with van der Waals surface area (Å²) in [6.45, 7) is 0.438. The highest BCUT2D eigenvalue weighted by atomic mass is 16.5. The fourth-order valence-electron chi connectivity index (χ4n) is 1.58. The van der Waals surface area contributed by atoms with Gasteiger partial charge in [0.2, 0.25) is 5.91 Å². The van der Waals surface area contributed by atoms with Crippen molar-refractivity contribution >= 4 is 11.7 Å². The Hall–Kier alpha value is -2.56. The van der Waals surface area contributed by atoms with Crippen LogP contribution >= 0.6 is 0 Å². The fourth-order valence-corrected chi connectivity index (χ4v) is 1.58. The van der Waals surface area contributed by atoms with Crippen molar-refractivity contribution in [3.8, 4) is 5.75 Å². The standard InChI is InChI=1S/C14H15N3O2/c1-16-13-8-10(6-7-17-13)9-19-12-4-2-11(3-5-12)14(15)18/h2-8H,9H2,1H3,(H2,15,18)(H,16,17). The maximum atomic E-state index is 10.9. The molecule has 0 atom stereocenters. The van der Waals surface area contributed by atoms with E-state index in [0.29, 0.717) is 17.9 Å². The lowest BCUT2D eigenvalue weighted by atomic mass is 10.2. The molecule has 0 saturated heterocycles. The largest absolute Gasteiger partial charge is 0.489 e. The molecule has 0 unspecified atom stereocenters. The minimum Gasteiger partial charge on any atom is -0.489 e.